The zero-order valence-electron chi connectivity index (χ0n) is 18.6. The van der Waals surface area contributed by atoms with Gasteiger partial charge in [0.05, 0.1) is 6.10 Å². The number of alkyl halides is 7. The Bertz CT molecular complexity index is 1110. The van der Waals surface area contributed by atoms with Crippen molar-refractivity contribution in [3.8, 4) is 17.2 Å². The molecule has 1 atom stereocenters. The lowest BCUT2D eigenvalue weighted by atomic mass is 10.1. The van der Waals surface area contributed by atoms with Gasteiger partial charge < -0.3 is 19.5 Å². The number of rotatable bonds is 12. The van der Waals surface area contributed by atoms with Gasteiger partial charge in [-0.1, -0.05) is 36.4 Å². The Morgan fingerprint density at radius 1 is 0.833 bits per heavy atom. The summed E-state index contributed by atoms with van der Waals surface area (Å²) in [7, 11) is 0. The Balaban J connectivity index is 1.86. The minimum absolute atomic E-state index is 0.0316. The Morgan fingerprint density at radius 3 is 2.14 bits per heavy atom. The maximum atomic E-state index is 13.5. The quantitative estimate of drug-likeness (QED) is 0.129. The molecule has 1 N–H and O–H groups in total. The van der Waals surface area contributed by atoms with Gasteiger partial charge in [-0.15, -0.1) is 0 Å². The van der Waals surface area contributed by atoms with Crippen molar-refractivity contribution in [1.82, 2.24) is 0 Å². The normalized spacial score (nSPS) is 12.9. The lowest BCUT2D eigenvalue weighted by molar-refractivity contribution is -0.253. The molecule has 3 rings (SSSR count). The standard InChI is InChI=1S/C25H22F6INO3/c26-23(27)25(30,31)36-22-11-4-6-17(12-22)15-33(16-19(34)14-24(28,29)32)18-7-5-10-21(13-18)35-20-8-2-1-3-9-20/h1-13,19,23,34H,14-16H2/t19-/m0/s1. The van der Waals surface area contributed by atoms with Gasteiger partial charge in [0.2, 0.25) is 0 Å². The number of hydrogen-bond donors (Lipinski definition) is 1. The maximum absolute atomic E-state index is 13.5. The van der Waals surface area contributed by atoms with Crippen LogP contribution in [0.5, 0.6) is 17.2 Å². The van der Waals surface area contributed by atoms with Gasteiger partial charge in [-0.2, -0.15) is 26.3 Å². The highest BCUT2D eigenvalue weighted by molar-refractivity contribution is 14.1. The van der Waals surface area contributed by atoms with Crippen LogP contribution in [0.2, 0.25) is 0 Å². The third-order valence-electron chi connectivity index (χ3n) is 4.84. The minimum Gasteiger partial charge on any atom is -0.457 e. The van der Waals surface area contributed by atoms with E-state index in [4.69, 9.17) is 4.74 Å². The summed E-state index contributed by atoms with van der Waals surface area (Å²) in [6, 6.07) is 20.7. The molecule has 0 aliphatic rings. The molecule has 0 aromatic heterocycles. The van der Waals surface area contributed by atoms with E-state index in [0.29, 0.717) is 22.7 Å². The van der Waals surface area contributed by atoms with Crippen LogP contribution in [0.3, 0.4) is 0 Å². The van der Waals surface area contributed by atoms with E-state index in [1.165, 1.54) is 12.1 Å². The van der Waals surface area contributed by atoms with Crippen LogP contribution in [0.1, 0.15) is 12.0 Å². The molecule has 0 unspecified atom stereocenters. The zero-order chi connectivity index (χ0) is 26.3. The summed E-state index contributed by atoms with van der Waals surface area (Å²) in [6.07, 6.45) is -10.9. The van der Waals surface area contributed by atoms with Crippen molar-refractivity contribution < 1.29 is 40.9 Å². The number of aliphatic hydroxyl groups is 1. The predicted molar refractivity (Wildman–Crippen MR) is 132 cm³/mol. The van der Waals surface area contributed by atoms with Gasteiger partial charge in [0, 0.05) is 31.3 Å². The van der Waals surface area contributed by atoms with E-state index in [1.54, 1.807) is 53.4 Å². The summed E-state index contributed by atoms with van der Waals surface area (Å²) in [6.45, 7) is -0.262. The Hall–Kier alpha value is -2.67. The molecule has 194 valence electrons. The first kappa shape index (κ1) is 27.9. The molecule has 0 heterocycles. The molecule has 0 amide bonds. The summed E-state index contributed by atoms with van der Waals surface area (Å²) < 4.78 is 85.5. The summed E-state index contributed by atoms with van der Waals surface area (Å²) >= 11 is 0.936. The smallest absolute Gasteiger partial charge is 0.457 e. The number of anilines is 1. The van der Waals surface area contributed by atoms with Crippen molar-refractivity contribution in [2.75, 3.05) is 11.4 Å². The van der Waals surface area contributed by atoms with Crippen LogP contribution in [0.15, 0.2) is 78.9 Å². The first-order valence-electron chi connectivity index (χ1n) is 10.7. The molecule has 0 fully saturated rings. The summed E-state index contributed by atoms with van der Waals surface area (Å²) in [4.78, 5) is 1.55. The molecule has 11 heteroatoms. The highest BCUT2D eigenvalue weighted by Gasteiger charge is 2.44. The topological polar surface area (TPSA) is 41.9 Å². The van der Waals surface area contributed by atoms with Gasteiger partial charge in [-0.3, -0.25) is 0 Å². The highest BCUT2D eigenvalue weighted by atomic mass is 127. The number of aliphatic hydroxyl groups excluding tert-OH is 1. The third kappa shape index (κ3) is 8.77. The van der Waals surface area contributed by atoms with E-state index in [0.717, 1.165) is 34.7 Å². The van der Waals surface area contributed by atoms with E-state index < -0.39 is 34.7 Å². The molecule has 0 spiro atoms. The first-order valence-corrected chi connectivity index (χ1v) is 11.8. The second kappa shape index (κ2) is 12.0. The van der Waals surface area contributed by atoms with E-state index in [1.807, 2.05) is 6.07 Å². The molecule has 0 bridgehead atoms. The molecule has 0 aliphatic carbocycles. The number of para-hydroxylation sites is 1. The molecule has 4 nitrogen and oxygen atoms in total. The second-order valence-corrected chi connectivity index (χ2v) is 9.46. The van der Waals surface area contributed by atoms with Crippen LogP contribution in [0.25, 0.3) is 0 Å². The van der Waals surface area contributed by atoms with Crippen LogP contribution in [-0.4, -0.2) is 34.2 Å². The molecule has 3 aromatic rings. The van der Waals surface area contributed by atoms with Crippen molar-refractivity contribution in [2.24, 2.45) is 0 Å². The largest absolute Gasteiger partial charge is 0.461 e. The fraction of sp³-hybridized carbons (Fsp3) is 0.280. The van der Waals surface area contributed by atoms with E-state index in [2.05, 4.69) is 4.74 Å². The number of nitrogens with zero attached hydrogens (tertiary/aromatic N) is 1. The molecule has 36 heavy (non-hydrogen) atoms. The number of benzene rings is 3. The molecular formula is C25H22F6INO3. The van der Waals surface area contributed by atoms with Crippen LogP contribution in [0.4, 0.5) is 32.0 Å². The van der Waals surface area contributed by atoms with Crippen LogP contribution >= 0.6 is 22.6 Å². The van der Waals surface area contributed by atoms with Crippen LogP contribution in [0, 0.1) is 0 Å². The molecule has 3 aromatic carbocycles. The molecule has 0 aliphatic heterocycles. The van der Waals surface area contributed by atoms with Gasteiger partial charge in [-0.05, 0) is 64.6 Å². The van der Waals surface area contributed by atoms with E-state index in [-0.39, 0.29) is 13.1 Å². The van der Waals surface area contributed by atoms with Crippen LogP contribution in [-0.2, 0) is 6.54 Å². The van der Waals surface area contributed by atoms with Gasteiger partial charge in [-0.25, -0.2) is 0 Å². The monoisotopic (exact) mass is 625 g/mol. The molecular weight excluding hydrogens is 603 g/mol. The molecule has 0 saturated heterocycles. The van der Waals surface area contributed by atoms with E-state index in [9.17, 15) is 31.4 Å². The van der Waals surface area contributed by atoms with Crippen LogP contribution < -0.4 is 14.4 Å². The zero-order valence-corrected chi connectivity index (χ0v) is 20.8. The maximum Gasteiger partial charge on any atom is 0.461 e. The summed E-state index contributed by atoms with van der Waals surface area (Å²) in [5.74, 6) is 0.514. The van der Waals surface area contributed by atoms with Crippen molar-refractivity contribution in [3.63, 3.8) is 0 Å². The van der Waals surface area contributed by atoms with Crippen molar-refractivity contribution in [3.05, 3.63) is 84.4 Å². The summed E-state index contributed by atoms with van der Waals surface area (Å²) in [5, 5.41) is 10.3. The van der Waals surface area contributed by atoms with E-state index >= 15 is 0 Å². The number of ether oxygens (including phenoxy) is 2. The average molecular weight is 625 g/mol. The van der Waals surface area contributed by atoms with Crippen molar-refractivity contribution >= 4 is 28.3 Å². The SMILES string of the molecule is O[C@H](CN(Cc1cccc(OC(F)(F)C(F)F)c1)c1cccc(Oc2ccccc2)c1)CC(F)(F)I. The molecule has 0 radical (unpaired) electrons. The van der Waals surface area contributed by atoms with Gasteiger partial charge in [0.15, 0.2) is 0 Å². The van der Waals surface area contributed by atoms with Crippen molar-refractivity contribution in [2.45, 2.75) is 35.5 Å². The fourth-order valence-electron chi connectivity index (χ4n) is 3.35. The molecule has 0 saturated carbocycles. The minimum atomic E-state index is -4.68. The highest BCUT2D eigenvalue weighted by Crippen LogP contribution is 2.32. The Kier molecular flexibility index (Phi) is 9.34. The van der Waals surface area contributed by atoms with Gasteiger partial charge in [0.1, 0.15) is 17.2 Å². The average Bonchev–Trinajstić information content (AvgIpc) is 2.78. The number of hydrogen-bond acceptors (Lipinski definition) is 4. The summed E-state index contributed by atoms with van der Waals surface area (Å²) in [5.41, 5.74) is 0.851. The van der Waals surface area contributed by atoms with Gasteiger partial charge in [0.25, 0.3) is 3.93 Å². The lowest BCUT2D eigenvalue weighted by Gasteiger charge is -2.29. The third-order valence-corrected chi connectivity index (χ3v) is 5.28. The van der Waals surface area contributed by atoms with Gasteiger partial charge >= 0.3 is 12.5 Å². The fourth-order valence-corrected chi connectivity index (χ4v) is 3.85. The Labute approximate surface area is 217 Å². The van der Waals surface area contributed by atoms with Crippen molar-refractivity contribution in [1.29, 1.82) is 0 Å². The lowest BCUT2D eigenvalue weighted by Crippen LogP contribution is -2.34. The predicted octanol–water partition coefficient (Wildman–Crippen LogP) is 7.50. The number of halogens is 7. The second-order valence-electron chi connectivity index (χ2n) is 7.88. The Morgan fingerprint density at radius 2 is 1.47 bits per heavy atom. The first-order chi connectivity index (χ1) is 16.9.